The van der Waals surface area contributed by atoms with Crippen molar-refractivity contribution in [2.24, 2.45) is 0 Å². The second-order valence-electron chi connectivity index (χ2n) is 6.03. The van der Waals surface area contributed by atoms with Crippen LogP contribution in [0.1, 0.15) is 27.2 Å². The number of carbonyl (C=O) groups excluding carboxylic acids is 1. The minimum absolute atomic E-state index is 0.0335. The monoisotopic (exact) mass is 383 g/mol. The molecule has 5 nitrogen and oxygen atoms in total. The quantitative estimate of drug-likeness (QED) is 0.660. The Balaban J connectivity index is 1.93. The summed E-state index contributed by atoms with van der Waals surface area (Å²) in [6.45, 7) is 1.90. The van der Waals surface area contributed by atoms with Gasteiger partial charge in [-0.25, -0.2) is 4.39 Å². The van der Waals surface area contributed by atoms with E-state index in [2.05, 4.69) is 5.16 Å². The van der Waals surface area contributed by atoms with Crippen LogP contribution < -0.4 is 0 Å². The van der Waals surface area contributed by atoms with E-state index in [0.29, 0.717) is 12.1 Å². The number of benzene rings is 2. The number of aryl methyl sites for hydroxylation is 1. The van der Waals surface area contributed by atoms with Gasteiger partial charge in [-0.15, -0.1) is 0 Å². The molecule has 0 bridgehead atoms. The number of carbonyl (C=O) groups is 1. The van der Waals surface area contributed by atoms with E-state index in [-0.39, 0.29) is 33.5 Å². The van der Waals surface area contributed by atoms with Crippen LogP contribution in [0.5, 0.6) is 0 Å². The summed E-state index contributed by atoms with van der Waals surface area (Å²) in [4.78, 5) is 14.5. The van der Waals surface area contributed by atoms with Crippen LogP contribution in [0.25, 0.3) is 11.3 Å². The average molecular weight is 384 g/mol. The second kappa shape index (κ2) is 7.60. The molecule has 0 atom stereocenters. The Kier molecular flexibility index (Phi) is 5.24. The largest absolute Gasteiger partial charge is 0.360 e. The van der Waals surface area contributed by atoms with Crippen molar-refractivity contribution < 1.29 is 13.7 Å². The molecule has 1 amide bonds. The van der Waals surface area contributed by atoms with E-state index in [1.54, 1.807) is 38.2 Å². The van der Waals surface area contributed by atoms with E-state index in [1.807, 2.05) is 6.07 Å². The van der Waals surface area contributed by atoms with Crippen molar-refractivity contribution in [2.75, 3.05) is 7.05 Å². The van der Waals surface area contributed by atoms with Gasteiger partial charge in [0.05, 0.1) is 22.2 Å². The van der Waals surface area contributed by atoms with Crippen molar-refractivity contribution in [2.45, 2.75) is 13.5 Å². The molecule has 136 valence electrons. The Morgan fingerprint density at radius 3 is 2.63 bits per heavy atom. The molecule has 0 spiro atoms. The van der Waals surface area contributed by atoms with Crippen molar-refractivity contribution in [1.82, 2.24) is 10.1 Å². The summed E-state index contributed by atoms with van der Waals surface area (Å²) in [5, 5.41) is 12.9. The lowest BCUT2D eigenvalue weighted by Gasteiger charge is -2.17. The number of aromatic nitrogens is 1. The SMILES string of the molecule is Cc1onc(-c2c(F)cccc2Cl)c1C(=O)N(C)Cc1ccc(C#N)cc1. The van der Waals surface area contributed by atoms with Crippen LogP contribution in [-0.4, -0.2) is 23.0 Å². The summed E-state index contributed by atoms with van der Waals surface area (Å²) in [6.07, 6.45) is 0. The van der Waals surface area contributed by atoms with Gasteiger partial charge in [-0.1, -0.05) is 35.0 Å². The van der Waals surface area contributed by atoms with Crippen molar-refractivity contribution in [3.63, 3.8) is 0 Å². The van der Waals surface area contributed by atoms with Crippen LogP contribution in [-0.2, 0) is 6.54 Å². The number of hydrogen-bond acceptors (Lipinski definition) is 4. The summed E-state index contributed by atoms with van der Waals surface area (Å²) in [5.74, 6) is -0.673. The Labute approximate surface area is 160 Å². The Morgan fingerprint density at radius 1 is 1.30 bits per heavy atom. The second-order valence-corrected chi connectivity index (χ2v) is 6.44. The molecule has 0 saturated carbocycles. The molecule has 0 N–H and O–H groups in total. The number of halogens is 2. The highest BCUT2D eigenvalue weighted by molar-refractivity contribution is 6.33. The summed E-state index contributed by atoms with van der Waals surface area (Å²) in [7, 11) is 1.62. The summed E-state index contributed by atoms with van der Waals surface area (Å²) in [6, 6.07) is 13.2. The van der Waals surface area contributed by atoms with Crippen LogP contribution in [0.4, 0.5) is 4.39 Å². The topological polar surface area (TPSA) is 70.1 Å². The average Bonchev–Trinajstić information content (AvgIpc) is 3.02. The van der Waals surface area contributed by atoms with Gasteiger partial charge in [0.25, 0.3) is 5.91 Å². The molecule has 3 rings (SSSR count). The maximum absolute atomic E-state index is 14.3. The van der Waals surface area contributed by atoms with Gasteiger partial charge >= 0.3 is 0 Å². The van der Waals surface area contributed by atoms with Crippen molar-refractivity contribution in [1.29, 1.82) is 5.26 Å². The zero-order chi connectivity index (χ0) is 19.6. The van der Waals surface area contributed by atoms with Crippen LogP contribution in [0.2, 0.25) is 5.02 Å². The van der Waals surface area contributed by atoms with Crippen LogP contribution in [0.15, 0.2) is 47.0 Å². The van der Waals surface area contributed by atoms with Crippen LogP contribution >= 0.6 is 11.6 Å². The van der Waals surface area contributed by atoms with Crippen LogP contribution in [0, 0.1) is 24.1 Å². The molecular formula is C20H15ClFN3O2. The lowest BCUT2D eigenvalue weighted by molar-refractivity contribution is 0.0784. The summed E-state index contributed by atoms with van der Waals surface area (Å²) < 4.78 is 19.4. The van der Waals surface area contributed by atoms with E-state index in [1.165, 1.54) is 23.1 Å². The zero-order valence-electron chi connectivity index (χ0n) is 14.7. The van der Waals surface area contributed by atoms with Crippen molar-refractivity contribution in [3.05, 3.63) is 75.8 Å². The fourth-order valence-electron chi connectivity index (χ4n) is 2.74. The molecule has 7 heteroatoms. The van der Waals surface area contributed by atoms with Gasteiger partial charge in [0, 0.05) is 13.6 Å². The summed E-state index contributed by atoms with van der Waals surface area (Å²) in [5.41, 5.74) is 1.67. The first kappa shape index (κ1) is 18.6. The molecule has 0 radical (unpaired) electrons. The number of rotatable bonds is 4. The highest BCUT2D eigenvalue weighted by Gasteiger charge is 2.27. The fraction of sp³-hybridized carbons (Fsp3) is 0.150. The highest BCUT2D eigenvalue weighted by Crippen LogP contribution is 2.34. The molecule has 2 aromatic carbocycles. The molecule has 0 fully saturated rings. The van der Waals surface area contributed by atoms with Gasteiger partial charge < -0.3 is 9.42 Å². The van der Waals surface area contributed by atoms with E-state index in [0.717, 1.165) is 5.56 Å². The molecule has 3 aromatic rings. The summed E-state index contributed by atoms with van der Waals surface area (Å²) >= 11 is 6.11. The zero-order valence-corrected chi connectivity index (χ0v) is 15.4. The molecule has 27 heavy (non-hydrogen) atoms. The highest BCUT2D eigenvalue weighted by atomic mass is 35.5. The third-order valence-corrected chi connectivity index (χ3v) is 4.44. The minimum Gasteiger partial charge on any atom is -0.360 e. The minimum atomic E-state index is -0.584. The Bertz CT molecular complexity index is 1020. The van der Waals surface area contributed by atoms with Gasteiger partial charge in [-0.2, -0.15) is 5.26 Å². The van der Waals surface area contributed by atoms with Gasteiger partial charge in [-0.05, 0) is 36.8 Å². The molecule has 0 aliphatic heterocycles. The fourth-order valence-corrected chi connectivity index (χ4v) is 2.99. The molecule has 1 heterocycles. The van der Waals surface area contributed by atoms with Crippen molar-refractivity contribution in [3.8, 4) is 17.3 Å². The van der Waals surface area contributed by atoms with E-state index in [4.69, 9.17) is 21.4 Å². The predicted molar refractivity (Wildman–Crippen MR) is 98.6 cm³/mol. The maximum Gasteiger partial charge on any atom is 0.259 e. The van der Waals surface area contributed by atoms with E-state index in [9.17, 15) is 9.18 Å². The number of nitriles is 1. The first-order valence-electron chi connectivity index (χ1n) is 8.07. The Morgan fingerprint density at radius 2 is 2.00 bits per heavy atom. The van der Waals surface area contributed by atoms with Gasteiger partial charge in [0.2, 0.25) is 0 Å². The molecule has 0 saturated heterocycles. The lowest BCUT2D eigenvalue weighted by Crippen LogP contribution is -2.27. The number of hydrogen-bond donors (Lipinski definition) is 0. The lowest BCUT2D eigenvalue weighted by atomic mass is 10.0. The first-order chi connectivity index (χ1) is 12.9. The third-order valence-electron chi connectivity index (χ3n) is 4.13. The molecular weight excluding hydrogens is 369 g/mol. The van der Waals surface area contributed by atoms with Gasteiger partial charge in [0.1, 0.15) is 22.8 Å². The molecule has 0 aliphatic carbocycles. The van der Waals surface area contributed by atoms with Crippen molar-refractivity contribution >= 4 is 17.5 Å². The molecule has 0 unspecified atom stereocenters. The molecule has 0 aliphatic rings. The maximum atomic E-state index is 14.3. The standard InChI is InChI=1S/C20H15ClFN3O2/c1-12-17(19(24-27-12)18-15(21)4-3-5-16(18)22)20(26)25(2)11-14-8-6-13(10-23)7-9-14/h3-9H,11H2,1-2H3. The van der Waals surface area contributed by atoms with Gasteiger partial charge in [-0.3, -0.25) is 4.79 Å². The third kappa shape index (κ3) is 3.69. The van der Waals surface area contributed by atoms with Crippen LogP contribution in [0.3, 0.4) is 0 Å². The van der Waals surface area contributed by atoms with Gasteiger partial charge in [0.15, 0.2) is 0 Å². The molecule has 1 aromatic heterocycles. The normalized spacial score (nSPS) is 10.5. The Hall–Kier alpha value is -3.17. The van der Waals surface area contributed by atoms with E-state index >= 15 is 0 Å². The predicted octanol–water partition coefficient (Wildman–Crippen LogP) is 4.59. The number of nitrogens with zero attached hydrogens (tertiary/aromatic N) is 3. The number of amides is 1. The smallest absolute Gasteiger partial charge is 0.259 e. The first-order valence-corrected chi connectivity index (χ1v) is 8.45. The van der Waals surface area contributed by atoms with E-state index < -0.39 is 5.82 Å².